The van der Waals surface area contributed by atoms with E-state index >= 15 is 0 Å². The second kappa shape index (κ2) is 8.41. The first kappa shape index (κ1) is 19.3. The van der Waals surface area contributed by atoms with Crippen LogP contribution < -0.4 is 9.64 Å². The van der Waals surface area contributed by atoms with Gasteiger partial charge in [-0.1, -0.05) is 30.0 Å². The summed E-state index contributed by atoms with van der Waals surface area (Å²) in [5.74, 6) is 0.820. The first-order valence-electron chi connectivity index (χ1n) is 8.13. The zero-order chi connectivity index (χ0) is 18.6. The summed E-state index contributed by atoms with van der Waals surface area (Å²) in [4.78, 5) is 13.7. The lowest BCUT2D eigenvalue weighted by molar-refractivity contribution is 0.264. The highest BCUT2D eigenvalue weighted by Crippen LogP contribution is 2.29. The average Bonchev–Trinajstić information content (AvgIpc) is 2.61. The number of anilines is 1. The van der Waals surface area contributed by atoms with E-state index < -0.39 is 0 Å². The topological polar surface area (TPSA) is 49.8 Å². The third-order valence-corrected chi connectivity index (χ3v) is 5.01. The Balaban J connectivity index is 2.35. The molecule has 0 fully saturated rings. The molecule has 1 N–H and O–H groups in total. The van der Waals surface area contributed by atoms with Gasteiger partial charge in [-0.25, -0.2) is 0 Å². The van der Waals surface area contributed by atoms with Crippen molar-refractivity contribution in [3.05, 3.63) is 58.1 Å². The van der Waals surface area contributed by atoms with Gasteiger partial charge >= 0.3 is 0 Å². The first-order valence-corrected chi connectivity index (χ1v) is 9.35. The van der Waals surface area contributed by atoms with Gasteiger partial charge < -0.3 is 14.7 Å². The third kappa shape index (κ3) is 4.35. The maximum absolute atomic E-state index is 12.1. The minimum atomic E-state index is -0.0975. The lowest BCUT2D eigenvalue weighted by atomic mass is 10.0. The van der Waals surface area contributed by atoms with E-state index in [1.807, 2.05) is 31.2 Å². The van der Waals surface area contributed by atoms with E-state index in [1.165, 1.54) is 11.1 Å². The van der Waals surface area contributed by atoms with Crippen LogP contribution in [0.4, 0.5) is 10.5 Å². The zero-order valence-electron chi connectivity index (χ0n) is 15.4. The van der Waals surface area contributed by atoms with Gasteiger partial charge in [0.1, 0.15) is 12.4 Å². The van der Waals surface area contributed by atoms with Gasteiger partial charge in [-0.3, -0.25) is 4.79 Å². The Bertz CT molecular complexity index is 774. The van der Waals surface area contributed by atoms with E-state index in [0.717, 1.165) is 39.9 Å². The lowest BCUT2D eigenvalue weighted by Gasteiger charge is -2.22. The second-order valence-corrected chi connectivity index (χ2v) is 6.85. The van der Waals surface area contributed by atoms with Crippen molar-refractivity contribution in [2.75, 3.05) is 18.2 Å². The first-order chi connectivity index (χ1) is 11.9. The maximum Gasteiger partial charge on any atom is 0.285 e. The Morgan fingerprint density at radius 1 is 1.16 bits per heavy atom. The third-order valence-electron chi connectivity index (χ3n) is 4.39. The number of amides is 1. The van der Waals surface area contributed by atoms with Crippen molar-refractivity contribution in [2.45, 2.75) is 34.0 Å². The molecule has 0 atom stereocenters. The van der Waals surface area contributed by atoms with Crippen LogP contribution in [0.2, 0.25) is 0 Å². The SMILES string of the molecule is CSC(=O)N(C)c1cccc(CO)c1COc1cc(C)c(C)cc1C. The summed E-state index contributed by atoms with van der Waals surface area (Å²) in [5, 5.41) is 9.63. The lowest BCUT2D eigenvalue weighted by Crippen LogP contribution is -2.23. The maximum atomic E-state index is 12.1. The molecule has 5 heteroatoms. The molecular formula is C20H25NO3S. The molecule has 4 nitrogen and oxygen atoms in total. The van der Waals surface area contributed by atoms with Crippen molar-refractivity contribution >= 4 is 22.7 Å². The molecule has 25 heavy (non-hydrogen) atoms. The van der Waals surface area contributed by atoms with Gasteiger partial charge in [0.15, 0.2) is 0 Å². The highest BCUT2D eigenvalue weighted by Gasteiger charge is 2.17. The number of benzene rings is 2. The van der Waals surface area contributed by atoms with Crippen LogP contribution in [-0.2, 0) is 13.2 Å². The average molecular weight is 359 g/mol. The van der Waals surface area contributed by atoms with Crippen LogP contribution >= 0.6 is 11.8 Å². The zero-order valence-corrected chi connectivity index (χ0v) is 16.2. The Hall–Kier alpha value is -1.98. The Kier molecular flexibility index (Phi) is 6.51. The number of nitrogens with zero attached hydrogens (tertiary/aromatic N) is 1. The van der Waals surface area contributed by atoms with Gasteiger partial charge in [0.2, 0.25) is 0 Å². The summed E-state index contributed by atoms with van der Waals surface area (Å²) in [6.07, 6.45) is 1.75. The molecule has 1 amide bonds. The van der Waals surface area contributed by atoms with E-state index in [4.69, 9.17) is 4.74 Å². The van der Waals surface area contributed by atoms with Gasteiger partial charge in [0.25, 0.3) is 5.24 Å². The number of aliphatic hydroxyl groups is 1. The summed E-state index contributed by atoms with van der Waals surface area (Å²) < 4.78 is 6.05. The fourth-order valence-corrected chi connectivity index (χ4v) is 3.10. The number of carbonyl (C=O) groups excluding carboxylic acids is 1. The standard InChI is InChI=1S/C20H25NO3S/c1-13-9-15(3)19(10-14(13)2)24-12-17-16(11-22)7-6-8-18(17)21(4)20(23)25-5/h6-10,22H,11-12H2,1-5H3. The largest absolute Gasteiger partial charge is 0.489 e. The molecule has 0 aliphatic rings. The van der Waals surface area contributed by atoms with Gasteiger partial charge in [0, 0.05) is 12.6 Å². The van der Waals surface area contributed by atoms with Crippen LogP contribution in [0.3, 0.4) is 0 Å². The number of hydrogen-bond donors (Lipinski definition) is 1. The molecule has 0 radical (unpaired) electrons. The molecule has 0 unspecified atom stereocenters. The van der Waals surface area contributed by atoms with E-state index in [2.05, 4.69) is 19.9 Å². The molecule has 2 aromatic carbocycles. The molecule has 0 saturated carbocycles. The quantitative estimate of drug-likeness (QED) is 0.847. The molecule has 2 aromatic rings. The van der Waals surface area contributed by atoms with Crippen LogP contribution in [-0.4, -0.2) is 23.6 Å². The molecular weight excluding hydrogens is 334 g/mol. The van der Waals surface area contributed by atoms with Crippen LogP contribution in [0, 0.1) is 20.8 Å². The van der Waals surface area contributed by atoms with Gasteiger partial charge in [0.05, 0.1) is 12.3 Å². The van der Waals surface area contributed by atoms with E-state index in [-0.39, 0.29) is 11.8 Å². The molecule has 0 saturated heterocycles. The number of carbonyl (C=O) groups is 1. The number of ether oxygens (including phenoxy) is 1. The molecule has 2 rings (SSSR count). The van der Waals surface area contributed by atoms with E-state index in [0.29, 0.717) is 6.61 Å². The fourth-order valence-electron chi connectivity index (χ4n) is 2.72. The van der Waals surface area contributed by atoms with Gasteiger partial charge in [-0.2, -0.15) is 0 Å². The normalized spacial score (nSPS) is 10.6. The highest BCUT2D eigenvalue weighted by molar-refractivity contribution is 8.13. The minimum absolute atomic E-state index is 0.0568. The molecule has 0 bridgehead atoms. The van der Waals surface area contributed by atoms with Crippen molar-refractivity contribution in [2.24, 2.45) is 0 Å². The van der Waals surface area contributed by atoms with E-state index in [9.17, 15) is 9.90 Å². The molecule has 0 aliphatic carbocycles. The Labute approximate surface area is 153 Å². The summed E-state index contributed by atoms with van der Waals surface area (Å²) >= 11 is 1.15. The van der Waals surface area contributed by atoms with Crippen LogP contribution in [0.1, 0.15) is 27.8 Å². The number of aryl methyl sites for hydroxylation is 3. The van der Waals surface area contributed by atoms with Gasteiger partial charge in [-0.05, 0) is 61.4 Å². The molecule has 0 heterocycles. The van der Waals surface area contributed by atoms with Crippen molar-refractivity contribution in [3.8, 4) is 5.75 Å². The van der Waals surface area contributed by atoms with Crippen molar-refractivity contribution in [1.29, 1.82) is 0 Å². The number of thioether (sulfide) groups is 1. The van der Waals surface area contributed by atoms with Crippen LogP contribution in [0.5, 0.6) is 5.75 Å². The summed E-state index contributed by atoms with van der Waals surface area (Å²) in [5.41, 5.74) is 5.82. The number of rotatable bonds is 5. The summed E-state index contributed by atoms with van der Waals surface area (Å²) in [6.45, 7) is 6.35. The Morgan fingerprint density at radius 3 is 2.48 bits per heavy atom. The predicted molar refractivity (Wildman–Crippen MR) is 105 cm³/mol. The summed E-state index contributed by atoms with van der Waals surface area (Å²) in [6, 6.07) is 9.71. The fraction of sp³-hybridized carbons (Fsp3) is 0.350. The molecule has 134 valence electrons. The molecule has 0 aliphatic heterocycles. The second-order valence-electron chi connectivity index (χ2n) is 6.09. The van der Waals surface area contributed by atoms with Crippen molar-refractivity contribution < 1.29 is 14.6 Å². The Morgan fingerprint density at radius 2 is 1.84 bits per heavy atom. The van der Waals surface area contributed by atoms with Crippen LogP contribution in [0.25, 0.3) is 0 Å². The molecule has 0 spiro atoms. The molecule has 0 aromatic heterocycles. The number of aliphatic hydroxyl groups excluding tert-OH is 1. The minimum Gasteiger partial charge on any atom is -0.489 e. The smallest absolute Gasteiger partial charge is 0.285 e. The predicted octanol–water partition coefficient (Wildman–Crippen LogP) is 4.60. The summed E-state index contributed by atoms with van der Waals surface area (Å²) in [7, 11) is 1.74. The van der Waals surface area contributed by atoms with Crippen LogP contribution in [0.15, 0.2) is 30.3 Å². The highest BCUT2D eigenvalue weighted by atomic mass is 32.2. The van der Waals surface area contributed by atoms with Gasteiger partial charge in [-0.15, -0.1) is 0 Å². The monoisotopic (exact) mass is 359 g/mol. The van der Waals surface area contributed by atoms with Crippen molar-refractivity contribution in [3.63, 3.8) is 0 Å². The number of hydrogen-bond acceptors (Lipinski definition) is 4. The van der Waals surface area contributed by atoms with E-state index in [1.54, 1.807) is 18.2 Å². The van der Waals surface area contributed by atoms with Crippen molar-refractivity contribution in [1.82, 2.24) is 0 Å².